The van der Waals surface area contributed by atoms with Crippen LogP contribution in [0.4, 0.5) is 14.6 Å². The maximum absolute atomic E-state index is 17.1. The van der Waals surface area contributed by atoms with Crippen LogP contribution in [0.25, 0.3) is 32.9 Å². The van der Waals surface area contributed by atoms with E-state index < -0.39 is 11.6 Å². The van der Waals surface area contributed by atoms with E-state index in [-0.39, 0.29) is 80.9 Å². The molecule has 56 heavy (non-hydrogen) atoms. The molecule has 5 aliphatic rings. The summed E-state index contributed by atoms with van der Waals surface area (Å²) in [5, 5.41) is 14.7. The van der Waals surface area contributed by atoms with Gasteiger partial charge < -0.3 is 25.0 Å². The minimum Gasteiger partial charge on any atom is -0.508 e. The lowest BCUT2D eigenvalue weighted by atomic mass is 9.84. The van der Waals surface area contributed by atoms with Crippen molar-refractivity contribution in [2.45, 2.75) is 87.9 Å². The number of pyridine rings is 1. The Bertz CT molecular complexity index is 2280. The molecule has 5 fully saturated rings. The van der Waals surface area contributed by atoms with Crippen molar-refractivity contribution < 1.29 is 28.2 Å². The van der Waals surface area contributed by atoms with Gasteiger partial charge in [0.25, 0.3) is 0 Å². The Hall–Kier alpha value is -5.35. The summed E-state index contributed by atoms with van der Waals surface area (Å²) >= 11 is 0. The van der Waals surface area contributed by atoms with Crippen LogP contribution in [0.15, 0.2) is 43.1 Å². The Morgan fingerprint density at radius 1 is 1.05 bits per heavy atom. The van der Waals surface area contributed by atoms with Gasteiger partial charge in [0.2, 0.25) is 11.8 Å². The number of aromatic nitrogens is 3. The van der Waals surface area contributed by atoms with Gasteiger partial charge in [0.1, 0.15) is 35.2 Å². The number of fused-ring (bicyclic) bond motifs is 5. The number of halogens is 2. The summed E-state index contributed by atoms with van der Waals surface area (Å²) in [6.07, 6.45) is 17.4. The van der Waals surface area contributed by atoms with Crippen LogP contribution in [0.1, 0.15) is 69.8 Å². The van der Waals surface area contributed by atoms with E-state index in [1.54, 1.807) is 0 Å². The van der Waals surface area contributed by atoms with Crippen LogP contribution in [-0.4, -0.2) is 98.1 Å². The summed E-state index contributed by atoms with van der Waals surface area (Å²) in [4.78, 5) is 46.7. The van der Waals surface area contributed by atoms with Crippen LogP contribution in [0.2, 0.25) is 0 Å². The van der Waals surface area contributed by atoms with Crippen molar-refractivity contribution >= 4 is 39.3 Å². The summed E-state index contributed by atoms with van der Waals surface area (Å²) in [5.41, 5.74) is -0.162. The topological polar surface area (TPSA) is 124 Å². The lowest BCUT2D eigenvalue weighted by Crippen LogP contribution is -2.57. The van der Waals surface area contributed by atoms with Gasteiger partial charge in [-0.2, -0.15) is 9.97 Å². The quantitative estimate of drug-likeness (QED) is 0.168. The normalized spacial score (nSPS) is 24.3. The Morgan fingerprint density at radius 2 is 1.79 bits per heavy atom. The number of phenolic OH excluding ortho intramolecular Hbond substituents is 1. The summed E-state index contributed by atoms with van der Waals surface area (Å²) < 4.78 is 38.6. The molecule has 2 amide bonds. The molecule has 4 aliphatic heterocycles. The maximum Gasteiger partial charge on any atom is 0.319 e. The standard InChI is InChI=1S/C43H45F2N7O4/c1-3-31-34(44)14-9-26-19-30(53)20-32(36(26)31)38-37(45)39-33(21-46-38)40(49-42(48-39)56-24-43-15-5-17-51(43)18-6-16-43)50-22-28-12-13-29(23-50)52(28)41(55)25-7-10-27(11-8-25)47-35(54)4-2/h1,4,9,14,19-21,25,27-29,53H,2,5-8,10-13,15-18,22-24H2,(H,47,54). The average molecular weight is 762 g/mol. The number of terminal acetylenes is 1. The van der Waals surface area contributed by atoms with Gasteiger partial charge in [-0.3, -0.25) is 19.5 Å². The van der Waals surface area contributed by atoms with Crippen molar-refractivity contribution in [1.82, 2.24) is 30.1 Å². The van der Waals surface area contributed by atoms with Gasteiger partial charge in [-0.05, 0) is 107 Å². The zero-order valence-electron chi connectivity index (χ0n) is 31.3. The molecule has 4 aromatic rings. The second-order valence-corrected chi connectivity index (χ2v) is 16.2. The molecule has 13 heteroatoms. The van der Waals surface area contributed by atoms with Crippen LogP contribution in [-0.2, 0) is 9.59 Å². The molecule has 2 bridgehead atoms. The van der Waals surface area contributed by atoms with Crippen LogP contribution in [0.5, 0.6) is 11.8 Å². The van der Waals surface area contributed by atoms with Crippen molar-refractivity contribution in [2.75, 3.05) is 37.7 Å². The van der Waals surface area contributed by atoms with Gasteiger partial charge in [0.05, 0.1) is 16.5 Å². The van der Waals surface area contributed by atoms with Crippen molar-refractivity contribution in [1.29, 1.82) is 0 Å². The molecule has 290 valence electrons. The first-order valence-electron chi connectivity index (χ1n) is 19.8. The van der Waals surface area contributed by atoms with E-state index >= 15 is 8.78 Å². The minimum atomic E-state index is -0.770. The number of nitrogens with one attached hydrogen (secondary N) is 1. The number of anilines is 1. The SMILES string of the molecule is C#Cc1c(F)ccc2cc(O)cc(-c3ncc4c(N5CC6CCC(C5)N6C(=O)C5CCC(NC(=O)C=C)CC5)nc(OCC56CCCN5CCC6)nc4c3F)c12. The summed E-state index contributed by atoms with van der Waals surface area (Å²) in [6.45, 7) is 6.97. The fraction of sp³-hybridized carbons (Fsp3) is 0.465. The zero-order valence-corrected chi connectivity index (χ0v) is 31.3. The molecular weight excluding hydrogens is 717 g/mol. The lowest BCUT2D eigenvalue weighted by Gasteiger charge is -2.44. The van der Waals surface area contributed by atoms with E-state index in [1.807, 2.05) is 0 Å². The Labute approximate surface area is 324 Å². The Morgan fingerprint density at radius 3 is 2.48 bits per heavy atom. The monoisotopic (exact) mass is 761 g/mol. The smallest absolute Gasteiger partial charge is 0.319 e. The Kier molecular flexibility index (Phi) is 9.27. The predicted octanol–water partition coefficient (Wildman–Crippen LogP) is 5.86. The number of rotatable bonds is 8. The third-order valence-corrected chi connectivity index (χ3v) is 13.0. The van der Waals surface area contributed by atoms with Crippen molar-refractivity contribution in [3.8, 4) is 35.4 Å². The molecule has 2 N–H and O–H groups in total. The predicted molar refractivity (Wildman–Crippen MR) is 208 cm³/mol. The Balaban J connectivity index is 1.06. The highest BCUT2D eigenvalue weighted by Crippen LogP contribution is 2.43. The number of hydrogen-bond donors (Lipinski definition) is 2. The second-order valence-electron chi connectivity index (χ2n) is 16.2. The van der Waals surface area contributed by atoms with E-state index in [0.717, 1.165) is 64.5 Å². The van der Waals surface area contributed by atoms with Gasteiger partial charge in [-0.15, -0.1) is 6.42 Å². The number of carbonyl (C=O) groups excluding carboxylic acids is 2. The zero-order chi connectivity index (χ0) is 38.7. The molecule has 2 atom stereocenters. The van der Waals surface area contributed by atoms with Gasteiger partial charge in [0.15, 0.2) is 5.82 Å². The molecule has 6 heterocycles. The molecule has 9 rings (SSSR count). The number of phenols is 1. The largest absolute Gasteiger partial charge is 0.508 e. The fourth-order valence-corrected chi connectivity index (χ4v) is 10.3. The summed E-state index contributed by atoms with van der Waals surface area (Å²) in [7, 11) is 0. The first-order chi connectivity index (χ1) is 27.2. The molecule has 4 saturated heterocycles. The van der Waals surface area contributed by atoms with Crippen molar-refractivity contribution in [2.24, 2.45) is 5.92 Å². The van der Waals surface area contributed by atoms with Gasteiger partial charge in [-0.1, -0.05) is 18.6 Å². The molecule has 0 spiro atoms. The van der Waals surface area contributed by atoms with E-state index in [0.29, 0.717) is 49.1 Å². The van der Waals surface area contributed by atoms with Crippen LogP contribution in [0, 0.1) is 29.9 Å². The van der Waals surface area contributed by atoms with E-state index in [9.17, 15) is 14.7 Å². The number of nitrogens with zero attached hydrogens (tertiary/aromatic N) is 6. The highest BCUT2D eigenvalue weighted by Gasteiger charge is 2.47. The number of piperazine rings is 1. The highest BCUT2D eigenvalue weighted by molar-refractivity contribution is 6.03. The highest BCUT2D eigenvalue weighted by atomic mass is 19.1. The number of carbonyl (C=O) groups is 2. The molecular formula is C43H45F2N7O4. The second kappa shape index (κ2) is 14.3. The number of benzene rings is 2. The maximum atomic E-state index is 17.1. The van der Waals surface area contributed by atoms with Crippen LogP contribution < -0.4 is 15.0 Å². The number of aromatic hydroxyl groups is 1. The number of ether oxygens (including phenoxy) is 1. The van der Waals surface area contributed by atoms with E-state index in [4.69, 9.17) is 16.1 Å². The first-order valence-corrected chi connectivity index (χ1v) is 19.8. The number of amides is 2. The lowest BCUT2D eigenvalue weighted by molar-refractivity contribution is -0.140. The molecule has 1 aliphatic carbocycles. The molecule has 2 aromatic carbocycles. The summed E-state index contributed by atoms with van der Waals surface area (Å²) in [6, 6.07) is 5.50. The first kappa shape index (κ1) is 36.3. The van der Waals surface area contributed by atoms with Crippen molar-refractivity contribution in [3.63, 3.8) is 0 Å². The average Bonchev–Trinajstić information content (AvgIpc) is 3.87. The van der Waals surface area contributed by atoms with Crippen LogP contribution in [0.3, 0.4) is 0 Å². The molecule has 11 nitrogen and oxygen atoms in total. The molecule has 2 unspecified atom stereocenters. The number of hydrogen-bond acceptors (Lipinski definition) is 9. The van der Waals surface area contributed by atoms with Gasteiger partial charge in [0, 0.05) is 54.3 Å². The molecule has 0 radical (unpaired) electrons. The van der Waals surface area contributed by atoms with Gasteiger partial charge >= 0.3 is 6.01 Å². The minimum absolute atomic E-state index is 0.0106. The third kappa shape index (κ3) is 6.18. The van der Waals surface area contributed by atoms with Crippen LogP contribution >= 0.6 is 0 Å². The summed E-state index contributed by atoms with van der Waals surface area (Å²) in [5.74, 6) is 1.19. The fourth-order valence-electron chi connectivity index (χ4n) is 10.3. The third-order valence-electron chi connectivity index (χ3n) is 13.0. The molecule has 2 aromatic heterocycles. The molecule has 1 saturated carbocycles. The van der Waals surface area contributed by atoms with Gasteiger partial charge in [-0.25, -0.2) is 8.78 Å². The van der Waals surface area contributed by atoms with E-state index in [1.165, 1.54) is 36.5 Å². The van der Waals surface area contributed by atoms with Crippen molar-refractivity contribution in [3.05, 3.63) is 60.3 Å². The van der Waals surface area contributed by atoms with E-state index in [2.05, 4.69) is 42.5 Å².